The second-order valence-corrected chi connectivity index (χ2v) is 10.4. The number of methoxy groups -OCH3 is 2. The van der Waals surface area contributed by atoms with E-state index in [1.165, 1.54) is 27.8 Å². The quantitative estimate of drug-likeness (QED) is 0.195. The molecule has 2 aromatic rings. The maximum atomic E-state index is 12.1. The van der Waals surface area contributed by atoms with Crippen LogP contribution in [0.25, 0.3) is 0 Å². The van der Waals surface area contributed by atoms with E-state index in [0.717, 1.165) is 12.2 Å². The van der Waals surface area contributed by atoms with E-state index in [-0.39, 0.29) is 29.3 Å². The third-order valence-electron chi connectivity index (χ3n) is 8.17. The highest BCUT2D eigenvalue weighted by atomic mass is 16.5. The standard InChI is InChI=1S/C33H38O6/c1-22(2)32(34)39-17-9-16-33-25-12-7-5-10-23(25)29(24-11-6-8-13-26(24)33)30-27(37-20-18-35-3)14-15-28(31(30)33)38-21-19-36-4/h5-8,10-15,28-29,31H,1,9,16-21H2,2-4H3. The Morgan fingerprint density at radius 3 is 2.18 bits per heavy atom. The van der Waals surface area contributed by atoms with Crippen LogP contribution in [0.1, 0.15) is 47.9 Å². The first-order chi connectivity index (χ1) is 19.0. The number of allylic oxidation sites excluding steroid dienone is 1. The molecule has 0 saturated heterocycles. The first-order valence-corrected chi connectivity index (χ1v) is 13.7. The van der Waals surface area contributed by atoms with E-state index >= 15 is 0 Å². The van der Waals surface area contributed by atoms with E-state index in [9.17, 15) is 4.79 Å². The molecule has 4 aliphatic carbocycles. The molecule has 4 aliphatic rings. The van der Waals surface area contributed by atoms with Gasteiger partial charge in [0.25, 0.3) is 0 Å². The van der Waals surface area contributed by atoms with E-state index in [2.05, 4.69) is 67.3 Å². The van der Waals surface area contributed by atoms with Gasteiger partial charge in [0.15, 0.2) is 0 Å². The van der Waals surface area contributed by atoms with Crippen LogP contribution in [0, 0.1) is 5.92 Å². The number of carbonyl (C=O) groups excluding carboxylic acids is 1. The van der Waals surface area contributed by atoms with Crippen LogP contribution in [-0.4, -0.2) is 59.3 Å². The van der Waals surface area contributed by atoms with Gasteiger partial charge in [0.1, 0.15) is 12.4 Å². The molecule has 0 N–H and O–H groups in total. The Kier molecular flexibility index (Phi) is 8.36. The molecule has 2 atom stereocenters. The van der Waals surface area contributed by atoms with Crippen LogP contribution in [0.15, 0.2) is 84.2 Å². The molecule has 0 spiro atoms. The van der Waals surface area contributed by atoms with Crippen molar-refractivity contribution in [1.29, 1.82) is 0 Å². The van der Waals surface area contributed by atoms with Crippen molar-refractivity contribution < 1.29 is 28.5 Å². The zero-order valence-corrected chi connectivity index (χ0v) is 23.1. The molecular weight excluding hydrogens is 492 g/mol. The van der Waals surface area contributed by atoms with Gasteiger partial charge >= 0.3 is 5.97 Å². The summed E-state index contributed by atoms with van der Waals surface area (Å²) in [7, 11) is 3.38. The maximum Gasteiger partial charge on any atom is 0.333 e. The third-order valence-corrected chi connectivity index (χ3v) is 8.17. The van der Waals surface area contributed by atoms with Crippen LogP contribution < -0.4 is 0 Å². The molecule has 6 nitrogen and oxygen atoms in total. The summed E-state index contributed by atoms with van der Waals surface area (Å²) in [4.78, 5) is 12.1. The average molecular weight is 531 g/mol. The van der Waals surface area contributed by atoms with Crippen LogP contribution in [0.3, 0.4) is 0 Å². The third kappa shape index (κ3) is 4.86. The molecule has 0 aromatic heterocycles. The molecule has 206 valence electrons. The summed E-state index contributed by atoms with van der Waals surface area (Å²) in [5.74, 6) is 0.636. The van der Waals surface area contributed by atoms with Crippen LogP contribution in [0.2, 0.25) is 0 Å². The van der Waals surface area contributed by atoms with E-state index < -0.39 is 0 Å². The molecule has 0 aliphatic heterocycles. The maximum absolute atomic E-state index is 12.1. The van der Waals surface area contributed by atoms with Gasteiger partial charge in [0.2, 0.25) is 0 Å². The lowest BCUT2D eigenvalue weighted by Gasteiger charge is -2.58. The Balaban J connectivity index is 1.65. The highest BCUT2D eigenvalue weighted by molar-refractivity contribution is 5.86. The number of hydrogen-bond donors (Lipinski definition) is 0. The van der Waals surface area contributed by atoms with Gasteiger partial charge in [-0.25, -0.2) is 4.79 Å². The molecule has 2 aromatic carbocycles. The molecule has 0 radical (unpaired) electrons. The van der Waals surface area contributed by atoms with Crippen molar-refractivity contribution in [2.45, 2.75) is 37.2 Å². The lowest BCUT2D eigenvalue weighted by molar-refractivity contribution is -0.139. The normalized spacial score (nSPS) is 24.1. The summed E-state index contributed by atoms with van der Waals surface area (Å²) in [5, 5.41) is 0. The predicted octanol–water partition coefficient (Wildman–Crippen LogP) is 5.47. The topological polar surface area (TPSA) is 63.2 Å². The first-order valence-electron chi connectivity index (χ1n) is 13.7. The summed E-state index contributed by atoms with van der Waals surface area (Å²) in [6, 6.07) is 17.5. The average Bonchev–Trinajstić information content (AvgIpc) is 2.96. The fourth-order valence-corrected chi connectivity index (χ4v) is 6.73. The predicted molar refractivity (Wildman–Crippen MR) is 150 cm³/mol. The minimum atomic E-state index is -0.384. The summed E-state index contributed by atoms with van der Waals surface area (Å²) in [6.45, 7) is 7.73. The lowest BCUT2D eigenvalue weighted by Crippen LogP contribution is -2.54. The van der Waals surface area contributed by atoms with Crippen molar-refractivity contribution in [2.75, 3.05) is 47.3 Å². The second kappa shape index (κ2) is 11.9. The van der Waals surface area contributed by atoms with Crippen molar-refractivity contribution in [2.24, 2.45) is 5.92 Å². The van der Waals surface area contributed by atoms with E-state index in [1.54, 1.807) is 21.1 Å². The van der Waals surface area contributed by atoms with Gasteiger partial charge in [-0.2, -0.15) is 0 Å². The molecule has 2 unspecified atom stereocenters. The molecule has 0 heterocycles. The Morgan fingerprint density at radius 2 is 1.54 bits per heavy atom. The molecule has 6 heteroatoms. The van der Waals surface area contributed by atoms with Crippen molar-refractivity contribution >= 4 is 5.97 Å². The minimum Gasteiger partial charge on any atom is -0.491 e. The highest BCUT2D eigenvalue weighted by Gasteiger charge is 2.59. The van der Waals surface area contributed by atoms with Crippen molar-refractivity contribution in [3.63, 3.8) is 0 Å². The van der Waals surface area contributed by atoms with E-state index in [4.69, 9.17) is 23.7 Å². The van der Waals surface area contributed by atoms with Crippen LogP contribution in [0.5, 0.6) is 0 Å². The van der Waals surface area contributed by atoms with Crippen LogP contribution in [-0.2, 0) is 33.9 Å². The van der Waals surface area contributed by atoms with Gasteiger partial charge in [0.05, 0.1) is 32.5 Å². The number of carbonyl (C=O) groups is 1. The molecule has 39 heavy (non-hydrogen) atoms. The Labute approximate surface area is 231 Å². The molecule has 0 fully saturated rings. The van der Waals surface area contributed by atoms with E-state index in [0.29, 0.717) is 45.0 Å². The molecule has 2 bridgehead atoms. The second-order valence-electron chi connectivity index (χ2n) is 10.4. The summed E-state index contributed by atoms with van der Waals surface area (Å²) >= 11 is 0. The molecule has 0 saturated carbocycles. The fourth-order valence-electron chi connectivity index (χ4n) is 6.73. The van der Waals surface area contributed by atoms with Gasteiger partial charge < -0.3 is 23.7 Å². The Bertz CT molecular complexity index is 1230. The fraction of sp³-hybridized carbons (Fsp3) is 0.424. The minimum absolute atomic E-state index is 0.0172. The van der Waals surface area contributed by atoms with Crippen LogP contribution in [0.4, 0.5) is 0 Å². The monoisotopic (exact) mass is 530 g/mol. The summed E-state index contributed by atoms with van der Waals surface area (Å²) in [5.41, 5.74) is 6.54. The SMILES string of the molecule is C=C(C)C(=O)OCCCC12c3ccccc3C(C3=C(OCCOC)C=CC(OCCOC)C31)c1ccccc12. The summed E-state index contributed by atoms with van der Waals surface area (Å²) < 4.78 is 29.1. The highest BCUT2D eigenvalue weighted by Crippen LogP contribution is 2.65. The molecule has 0 amide bonds. The number of rotatable bonds is 13. The number of esters is 1. The number of benzene rings is 2. The number of hydrogen-bond acceptors (Lipinski definition) is 6. The zero-order valence-electron chi connectivity index (χ0n) is 23.1. The molecular formula is C33H38O6. The van der Waals surface area contributed by atoms with Crippen LogP contribution >= 0.6 is 0 Å². The van der Waals surface area contributed by atoms with E-state index in [1.807, 2.05) is 0 Å². The van der Waals surface area contributed by atoms with Gasteiger partial charge in [-0.15, -0.1) is 0 Å². The van der Waals surface area contributed by atoms with Gasteiger partial charge in [-0.1, -0.05) is 61.2 Å². The first kappa shape index (κ1) is 27.4. The molecule has 6 rings (SSSR count). The number of ether oxygens (including phenoxy) is 5. The van der Waals surface area contributed by atoms with Crippen molar-refractivity contribution in [3.05, 3.63) is 106 Å². The Hall–Kier alpha value is -3.19. The zero-order chi connectivity index (χ0) is 27.4. The van der Waals surface area contributed by atoms with Gasteiger partial charge in [-0.05, 0) is 53.7 Å². The van der Waals surface area contributed by atoms with Gasteiger partial charge in [-0.3, -0.25) is 0 Å². The smallest absolute Gasteiger partial charge is 0.333 e. The Morgan fingerprint density at radius 1 is 0.897 bits per heavy atom. The van der Waals surface area contributed by atoms with Crippen molar-refractivity contribution in [3.8, 4) is 0 Å². The van der Waals surface area contributed by atoms with Gasteiger partial charge in [0, 0.05) is 37.0 Å². The lowest BCUT2D eigenvalue weighted by atomic mass is 9.45. The summed E-state index contributed by atoms with van der Waals surface area (Å²) in [6.07, 6.45) is 5.54. The van der Waals surface area contributed by atoms with Crippen molar-refractivity contribution in [1.82, 2.24) is 0 Å². The largest absolute Gasteiger partial charge is 0.491 e.